The molecule has 0 aliphatic carbocycles. The largest absolute Gasteiger partial charge is 0.507 e. The first-order valence-electron chi connectivity index (χ1n) is 9.08. The van der Waals surface area contributed by atoms with Gasteiger partial charge in [-0.1, -0.05) is 41.5 Å². The molecule has 0 atom stereocenters. The third kappa shape index (κ3) is 5.06. The molecule has 7 heteroatoms. The van der Waals surface area contributed by atoms with Crippen molar-refractivity contribution in [2.75, 3.05) is 0 Å². The molecular weight excluding hydrogens is 356 g/mol. The summed E-state index contributed by atoms with van der Waals surface area (Å²) in [6, 6.07) is 5.19. The lowest BCUT2D eigenvalue weighted by atomic mass is 9.78. The number of carbonyl (C=O) groups excluding carboxylic acids is 1. The molecule has 3 N–H and O–H groups in total. The van der Waals surface area contributed by atoms with Crippen LogP contribution in [0.4, 0.5) is 0 Å². The molecule has 7 nitrogen and oxygen atoms in total. The number of aromatic nitrogens is 2. The summed E-state index contributed by atoms with van der Waals surface area (Å²) in [6.07, 6.45) is 1.52. The Balaban J connectivity index is 2.35. The van der Waals surface area contributed by atoms with Crippen molar-refractivity contribution in [1.29, 1.82) is 0 Å². The molecule has 1 heterocycles. The highest BCUT2D eigenvalue weighted by atomic mass is 16.3. The van der Waals surface area contributed by atoms with Gasteiger partial charge in [-0.25, -0.2) is 10.2 Å². The monoisotopic (exact) mass is 384 g/mol. The highest BCUT2D eigenvalue weighted by Crippen LogP contribution is 2.39. The number of nitrogens with zero attached hydrogens (tertiary/aromatic N) is 2. The Morgan fingerprint density at radius 2 is 1.64 bits per heavy atom. The van der Waals surface area contributed by atoms with Gasteiger partial charge >= 0.3 is 5.69 Å². The maximum atomic E-state index is 12.2. The van der Waals surface area contributed by atoms with Crippen molar-refractivity contribution < 1.29 is 9.90 Å². The van der Waals surface area contributed by atoms with Crippen LogP contribution >= 0.6 is 0 Å². The van der Waals surface area contributed by atoms with Crippen molar-refractivity contribution >= 4 is 12.1 Å². The predicted molar refractivity (Wildman–Crippen MR) is 110 cm³/mol. The summed E-state index contributed by atoms with van der Waals surface area (Å²) in [5, 5.41) is 14.7. The number of aromatic amines is 1. The number of H-pyrrole nitrogens is 1. The quantitative estimate of drug-likeness (QED) is 0.558. The summed E-state index contributed by atoms with van der Waals surface area (Å²) in [5.41, 5.74) is 4.18. The first kappa shape index (κ1) is 21.3. The van der Waals surface area contributed by atoms with Gasteiger partial charge in [0.2, 0.25) is 0 Å². The number of phenolic OH excluding ortho intramolecular Hbond substituents is 1. The summed E-state index contributed by atoms with van der Waals surface area (Å²) in [5.74, 6) is -0.291. The molecule has 150 valence electrons. The molecule has 2 aromatic rings. The SMILES string of the molecule is Cc1cc(C(=O)N/N=C/c2cc(C(C)(C)C)c(O)c(C(C)(C)C)c2)nc(=O)[nH]1. The van der Waals surface area contributed by atoms with Crippen LogP contribution in [0.3, 0.4) is 0 Å². The van der Waals surface area contributed by atoms with Gasteiger partial charge in [0.25, 0.3) is 5.91 Å². The van der Waals surface area contributed by atoms with Gasteiger partial charge in [-0.05, 0) is 41.5 Å². The third-order valence-corrected chi connectivity index (χ3v) is 4.24. The fourth-order valence-electron chi connectivity index (χ4n) is 2.79. The van der Waals surface area contributed by atoms with E-state index in [4.69, 9.17) is 0 Å². The number of carbonyl (C=O) groups is 1. The molecule has 0 saturated carbocycles. The van der Waals surface area contributed by atoms with Gasteiger partial charge in [-0.15, -0.1) is 0 Å². The second kappa shape index (κ2) is 7.58. The Labute approximate surface area is 164 Å². The van der Waals surface area contributed by atoms with E-state index in [2.05, 4.69) is 20.5 Å². The minimum absolute atomic E-state index is 0.00475. The van der Waals surface area contributed by atoms with Crippen LogP contribution in [-0.2, 0) is 10.8 Å². The number of benzene rings is 1. The summed E-state index contributed by atoms with van der Waals surface area (Å²) in [7, 11) is 0. The lowest BCUT2D eigenvalue weighted by Crippen LogP contribution is -2.24. The molecule has 0 aliphatic rings. The Hall–Kier alpha value is -2.96. The van der Waals surface area contributed by atoms with Crippen LogP contribution < -0.4 is 11.1 Å². The second-order valence-electron chi connectivity index (χ2n) is 8.92. The number of rotatable bonds is 3. The van der Waals surface area contributed by atoms with Gasteiger partial charge in [-0.3, -0.25) is 4.79 Å². The van der Waals surface area contributed by atoms with Gasteiger partial charge in [0.1, 0.15) is 11.4 Å². The zero-order valence-corrected chi connectivity index (χ0v) is 17.5. The number of hydrogen-bond donors (Lipinski definition) is 3. The predicted octanol–water partition coefficient (Wildman–Crippen LogP) is 3.14. The Bertz CT molecular complexity index is 941. The van der Waals surface area contributed by atoms with Gasteiger partial charge < -0.3 is 10.1 Å². The van der Waals surface area contributed by atoms with Gasteiger partial charge in [-0.2, -0.15) is 10.1 Å². The van der Waals surface area contributed by atoms with Crippen molar-refractivity contribution in [3.8, 4) is 5.75 Å². The Morgan fingerprint density at radius 3 is 2.11 bits per heavy atom. The second-order valence-corrected chi connectivity index (χ2v) is 8.92. The van der Waals surface area contributed by atoms with Crippen molar-refractivity contribution in [2.24, 2.45) is 5.10 Å². The van der Waals surface area contributed by atoms with E-state index in [0.717, 1.165) is 16.7 Å². The minimum atomic E-state index is -0.586. The minimum Gasteiger partial charge on any atom is -0.507 e. The Kier molecular flexibility index (Phi) is 5.77. The van der Waals surface area contributed by atoms with Crippen molar-refractivity contribution in [3.63, 3.8) is 0 Å². The summed E-state index contributed by atoms with van der Waals surface area (Å²) >= 11 is 0. The topological polar surface area (TPSA) is 107 Å². The smallest absolute Gasteiger partial charge is 0.345 e. The molecule has 1 aromatic carbocycles. The van der Waals surface area contributed by atoms with E-state index in [1.165, 1.54) is 12.3 Å². The highest BCUT2D eigenvalue weighted by Gasteiger charge is 2.26. The van der Waals surface area contributed by atoms with Crippen molar-refractivity contribution in [2.45, 2.75) is 59.3 Å². The fourth-order valence-corrected chi connectivity index (χ4v) is 2.79. The molecule has 0 aliphatic heterocycles. The number of nitrogens with one attached hydrogen (secondary N) is 2. The van der Waals surface area contributed by atoms with Crippen LogP contribution in [0.1, 0.15) is 74.4 Å². The van der Waals surface area contributed by atoms with Crippen LogP contribution in [0, 0.1) is 6.92 Å². The average Bonchev–Trinajstić information content (AvgIpc) is 2.52. The molecule has 2 rings (SSSR count). The van der Waals surface area contributed by atoms with E-state index in [1.54, 1.807) is 6.92 Å². The molecule has 0 unspecified atom stereocenters. The van der Waals surface area contributed by atoms with Crippen LogP contribution in [0.2, 0.25) is 0 Å². The molecule has 1 aromatic heterocycles. The van der Waals surface area contributed by atoms with E-state index < -0.39 is 11.6 Å². The van der Waals surface area contributed by atoms with Crippen LogP contribution in [-0.4, -0.2) is 27.2 Å². The number of amides is 1. The molecule has 0 radical (unpaired) electrons. The van der Waals surface area contributed by atoms with E-state index >= 15 is 0 Å². The van der Waals surface area contributed by atoms with Crippen molar-refractivity contribution in [1.82, 2.24) is 15.4 Å². The van der Waals surface area contributed by atoms with Crippen LogP contribution in [0.5, 0.6) is 5.75 Å². The molecule has 1 amide bonds. The number of hydrazone groups is 1. The molecule has 28 heavy (non-hydrogen) atoms. The summed E-state index contributed by atoms with van der Waals surface area (Å²) < 4.78 is 0. The fraction of sp³-hybridized carbons (Fsp3) is 0.429. The lowest BCUT2D eigenvalue weighted by molar-refractivity contribution is 0.0949. The molecule has 0 fully saturated rings. The molecular formula is C21H28N4O3. The molecule has 0 spiro atoms. The van der Waals surface area contributed by atoms with Gasteiger partial charge in [0.15, 0.2) is 0 Å². The van der Waals surface area contributed by atoms with Gasteiger partial charge in [0.05, 0.1) is 6.21 Å². The third-order valence-electron chi connectivity index (χ3n) is 4.24. The van der Waals surface area contributed by atoms with E-state index in [0.29, 0.717) is 5.69 Å². The Morgan fingerprint density at radius 1 is 1.11 bits per heavy atom. The number of aryl methyl sites for hydroxylation is 1. The maximum absolute atomic E-state index is 12.2. The maximum Gasteiger partial charge on any atom is 0.345 e. The molecule has 0 saturated heterocycles. The van der Waals surface area contributed by atoms with Crippen LogP contribution in [0.25, 0.3) is 0 Å². The van der Waals surface area contributed by atoms with Crippen molar-refractivity contribution in [3.05, 3.63) is 56.8 Å². The standard InChI is InChI=1S/C21H28N4O3/c1-12-8-16(24-19(28)23-12)18(27)25-22-11-13-9-14(20(2,3)4)17(26)15(10-13)21(5,6)7/h8-11,26H,1-7H3,(H,25,27)(H,23,24,28)/b22-11+. The average molecular weight is 384 g/mol. The summed E-state index contributed by atoms with van der Waals surface area (Å²) in [4.78, 5) is 29.7. The van der Waals surface area contributed by atoms with E-state index in [1.807, 2.05) is 53.7 Å². The van der Waals surface area contributed by atoms with E-state index in [9.17, 15) is 14.7 Å². The van der Waals surface area contributed by atoms with E-state index in [-0.39, 0.29) is 22.3 Å². The normalized spacial score (nSPS) is 12.4. The highest BCUT2D eigenvalue weighted by molar-refractivity contribution is 5.93. The number of aromatic hydroxyl groups is 1. The number of phenols is 1. The van der Waals surface area contributed by atoms with Gasteiger partial charge in [0, 0.05) is 16.8 Å². The first-order valence-corrected chi connectivity index (χ1v) is 9.08. The zero-order chi connectivity index (χ0) is 21.3. The van der Waals surface area contributed by atoms with Crippen LogP contribution in [0.15, 0.2) is 28.1 Å². The molecule has 0 bridgehead atoms. The lowest BCUT2D eigenvalue weighted by Gasteiger charge is -2.27. The summed E-state index contributed by atoms with van der Waals surface area (Å²) in [6.45, 7) is 13.8. The number of hydrogen-bond acceptors (Lipinski definition) is 5. The first-order chi connectivity index (χ1) is 12.8. The zero-order valence-electron chi connectivity index (χ0n) is 17.5.